The second-order valence-corrected chi connectivity index (χ2v) is 7.33. The Morgan fingerprint density at radius 2 is 1.39 bits per heavy atom. The van der Waals surface area contributed by atoms with Gasteiger partial charge in [0.1, 0.15) is 18.3 Å². The first-order chi connectivity index (χ1) is 15.1. The Morgan fingerprint density at radius 3 is 1.87 bits per heavy atom. The molecule has 1 heterocycles. The van der Waals surface area contributed by atoms with Crippen molar-refractivity contribution in [2.24, 2.45) is 0 Å². The molecular formula is C24H30O7. The van der Waals surface area contributed by atoms with Crippen LogP contribution in [0.15, 0.2) is 60.7 Å². The molecule has 0 aliphatic carbocycles. The van der Waals surface area contributed by atoms with Gasteiger partial charge in [-0.05, 0) is 11.1 Å². The van der Waals surface area contributed by atoms with Crippen LogP contribution in [0.5, 0.6) is 0 Å². The number of ether oxygens (including phenoxy) is 6. The van der Waals surface area contributed by atoms with Gasteiger partial charge in [-0.25, -0.2) is 0 Å². The minimum atomic E-state index is -0.804. The summed E-state index contributed by atoms with van der Waals surface area (Å²) in [5.41, 5.74) is 2.01. The maximum Gasteiger partial charge on any atom is 0.303 e. The molecule has 1 aliphatic rings. The summed E-state index contributed by atoms with van der Waals surface area (Å²) >= 11 is 0. The van der Waals surface area contributed by atoms with Crippen molar-refractivity contribution in [3.05, 3.63) is 71.8 Å². The van der Waals surface area contributed by atoms with Gasteiger partial charge in [-0.15, -0.1) is 0 Å². The van der Waals surface area contributed by atoms with Crippen LogP contribution in [0.25, 0.3) is 0 Å². The predicted octanol–water partition coefficient (Wildman–Crippen LogP) is 3.11. The molecule has 31 heavy (non-hydrogen) atoms. The number of carbonyl (C=O) groups excluding carboxylic acids is 1. The van der Waals surface area contributed by atoms with E-state index in [4.69, 9.17) is 28.4 Å². The molecule has 1 aliphatic heterocycles. The van der Waals surface area contributed by atoms with E-state index < -0.39 is 36.7 Å². The Kier molecular flexibility index (Phi) is 8.99. The highest BCUT2D eigenvalue weighted by Crippen LogP contribution is 2.30. The van der Waals surface area contributed by atoms with Crippen LogP contribution in [0.3, 0.4) is 0 Å². The normalized spacial score (nSPS) is 25.8. The molecule has 1 saturated heterocycles. The summed E-state index contributed by atoms with van der Waals surface area (Å²) in [5, 5.41) is 0. The van der Waals surface area contributed by atoms with Gasteiger partial charge in [0.25, 0.3) is 0 Å². The average Bonchev–Trinajstić information content (AvgIpc) is 2.79. The first-order valence-electron chi connectivity index (χ1n) is 10.3. The van der Waals surface area contributed by atoms with E-state index in [1.54, 1.807) is 7.11 Å². The molecule has 7 nitrogen and oxygen atoms in total. The first-order valence-corrected chi connectivity index (χ1v) is 10.3. The molecule has 5 atom stereocenters. The van der Waals surface area contributed by atoms with Crippen molar-refractivity contribution in [2.45, 2.75) is 50.8 Å². The summed E-state index contributed by atoms with van der Waals surface area (Å²) in [6.45, 7) is 2.30. The van der Waals surface area contributed by atoms with Crippen molar-refractivity contribution in [1.29, 1.82) is 0 Å². The van der Waals surface area contributed by atoms with E-state index >= 15 is 0 Å². The van der Waals surface area contributed by atoms with Crippen molar-refractivity contribution in [3.8, 4) is 0 Å². The van der Waals surface area contributed by atoms with E-state index in [9.17, 15) is 4.79 Å². The fraction of sp³-hybridized carbons (Fsp3) is 0.458. The fourth-order valence-electron chi connectivity index (χ4n) is 3.61. The smallest absolute Gasteiger partial charge is 0.303 e. The van der Waals surface area contributed by atoms with Crippen LogP contribution in [-0.4, -0.2) is 57.5 Å². The minimum Gasteiger partial charge on any atom is -0.454 e. The van der Waals surface area contributed by atoms with Gasteiger partial charge in [-0.1, -0.05) is 60.7 Å². The molecule has 0 amide bonds. The number of esters is 1. The van der Waals surface area contributed by atoms with Crippen LogP contribution in [0.2, 0.25) is 0 Å². The highest BCUT2D eigenvalue weighted by molar-refractivity contribution is 5.66. The summed E-state index contributed by atoms with van der Waals surface area (Å²) in [5.74, 6) is -0.448. The highest BCUT2D eigenvalue weighted by atomic mass is 16.7. The number of benzene rings is 2. The Labute approximate surface area is 183 Å². The predicted molar refractivity (Wildman–Crippen MR) is 113 cm³/mol. The van der Waals surface area contributed by atoms with E-state index in [2.05, 4.69) is 0 Å². The van der Waals surface area contributed by atoms with Gasteiger partial charge in [0, 0.05) is 21.1 Å². The molecule has 7 heteroatoms. The zero-order chi connectivity index (χ0) is 22.1. The standard InChI is InChI=1S/C24H30O7/c1-17(25)30-23-22(29-15-19-12-8-5-9-13-19)21(20(16-26-2)31-24(23)27-3)28-14-18-10-6-4-7-11-18/h4-13,20-24H,14-16H2,1-3H3/t20-,21-,22+,23-,24+/m1/s1. The van der Waals surface area contributed by atoms with Crippen LogP contribution in [-0.2, 0) is 46.4 Å². The molecule has 0 radical (unpaired) electrons. The third-order valence-corrected chi connectivity index (χ3v) is 5.03. The van der Waals surface area contributed by atoms with Crippen molar-refractivity contribution in [3.63, 3.8) is 0 Å². The summed E-state index contributed by atoms with van der Waals surface area (Å²) in [7, 11) is 3.10. The fourth-order valence-corrected chi connectivity index (χ4v) is 3.61. The van der Waals surface area contributed by atoms with E-state index in [0.29, 0.717) is 13.2 Å². The first kappa shape index (κ1) is 23.4. The average molecular weight is 430 g/mol. The van der Waals surface area contributed by atoms with Gasteiger partial charge in [-0.3, -0.25) is 4.79 Å². The maximum absolute atomic E-state index is 11.8. The lowest BCUT2D eigenvalue weighted by molar-refractivity contribution is -0.314. The van der Waals surface area contributed by atoms with Crippen molar-refractivity contribution >= 4 is 5.97 Å². The lowest BCUT2D eigenvalue weighted by Crippen LogP contribution is -2.61. The van der Waals surface area contributed by atoms with Crippen molar-refractivity contribution < 1.29 is 33.2 Å². The van der Waals surface area contributed by atoms with Crippen LogP contribution in [0.1, 0.15) is 18.1 Å². The molecule has 1 fully saturated rings. The Bertz CT molecular complexity index is 783. The molecule has 2 aromatic rings. The molecule has 0 spiro atoms. The lowest BCUT2D eigenvalue weighted by Gasteiger charge is -2.44. The summed E-state index contributed by atoms with van der Waals surface area (Å²) < 4.78 is 35.0. The Hall–Kier alpha value is -2.29. The number of hydrogen-bond donors (Lipinski definition) is 0. The monoisotopic (exact) mass is 430 g/mol. The molecule has 0 N–H and O–H groups in total. The third kappa shape index (κ3) is 6.59. The van der Waals surface area contributed by atoms with Gasteiger partial charge in [0.2, 0.25) is 0 Å². The number of hydrogen-bond acceptors (Lipinski definition) is 7. The lowest BCUT2D eigenvalue weighted by atomic mass is 9.98. The van der Waals surface area contributed by atoms with Crippen LogP contribution < -0.4 is 0 Å². The van der Waals surface area contributed by atoms with Gasteiger partial charge in [0.15, 0.2) is 12.4 Å². The van der Waals surface area contributed by atoms with Crippen LogP contribution >= 0.6 is 0 Å². The van der Waals surface area contributed by atoms with E-state index in [-0.39, 0.29) is 6.61 Å². The number of rotatable bonds is 10. The van der Waals surface area contributed by atoms with Gasteiger partial charge >= 0.3 is 5.97 Å². The molecule has 0 aromatic heterocycles. The SMILES string of the molecule is COC[C@H]1O[C@H](OC)[C@H](OC(C)=O)[C@@H](OCc2ccccc2)[C@@H]1OCc1ccccc1. The minimum absolute atomic E-state index is 0.275. The zero-order valence-electron chi connectivity index (χ0n) is 18.1. The quantitative estimate of drug-likeness (QED) is 0.536. The molecule has 0 unspecified atom stereocenters. The van der Waals surface area contributed by atoms with Crippen molar-refractivity contribution in [2.75, 3.05) is 20.8 Å². The number of methoxy groups -OCH3 is 2. The van der Waals surface area contributed by atoms with Crippen molar-refractivity contribution in [1.82, 2.24) is 0 Å². The number of carbonyl (C=O) groups is 1. The second-order valence-electron chi connectivity index (χ2n) is 7.33. The second kappa shape index (κ2) is 11.9. The molecule has 0 saturated carbocycles. The molecular weight excluding hydrogens is 400 g/mol. The summed E-state index contributed by atoms with van der Waals surface area (Å²) in [6, 6.07) is 19.6. The third-order valence-electron chi connectivity index (χ3n) is 5.03. The largest absolute Gasteiger partial charge is 0.454 e. The topological polar surface area (TPSA) is 72.5 Å². The van der Waals surface area contributed by atoms with E-state index in [0.717, 1.165) is 11.1 Å². The molecule has 3 rings (SSSR count). The van der Waals surface area contributed by atoms with Crippen LogP contribution in [0.4, 0.5) is 0 Å². The van der Waals surface area contributed by atoms with Gasteiger partial charge < -0.3 is 28.4 Å². The zero-order valence-corrected chi connectivity index (χ0v) is 18.1. The maximum atomic E-state index is 11.8. The van der Waals surface area contributed by atoms with Crippen LogP contribution in [0, 0.1) is 0 Å². The van der Waals surface area contributed by atoms with E-state index in [1.165, 1.54) is 14.0 Å². The molecule has 2 aromatic carbocycles. The summed E-state index contributed by atoms with van der Waals surface area (Å²) in [4.78, 5) is 11.8. The van der Waals surface area contributed by atoms with E-state index in [1.807, 2.05) is 60.7 Å². The molecule has 0 bridgehead atoms. The Morgan fingerprint density at radius 1 is 0.839 bits per heavy atom. The Balaban J connectivity index is 1.85. The highest BCUT2D eigenvalue weighted by Gasteiger charge is 2.49. The summed E-state index contributed by atoms with van der Waals surface area (Å²) in [6.07, 6.45) is -3.22. The van der Waals surface area contributed by atoms with Gasteiger partial charge in [-0.2, -0.15) is 0 Å². The molecule has 168 valence electrons. The van der Waals surface area contributed by atoms with Gasteiger partial charge in [0.05, 0.1) is 19.8 Å².